The summed E-state index contributed by atoms with van der Waals surface area (Å²) in [7, 11) is 0. The third-order valence-corrected chi connectivity index (χ3v) is 14.0. The molecule has 0 aliphatic heterocycles. The predicted molar refractivity (Wildman–Crippen MR) is 339 cm³/mol. The van der Waals surface area contributed by atoms with Crippen LogP contribution in [0, 0.1) is 0 Å². The number of carbonyl (C=O) groups excluding carboxylic acids is 3. The van der Waals surface area contributed by atoms with Gasteiger partial charge in [-0.2, -0.15) is 0 Å². The molecule has 0 heterocycles. The fraction of sp³-hybridized carbons (Fsp3) is 0.708. The molecule has 0 aromatic rings. The third-order valence-electron chi connectivity index (χ3n) is 14.0. The van der Waals surface area contributed by atoms with E-state index in [1.54, 1.807) is 0 Å². The fourth-order valence-electron chi connectivity index (χ4n) is 9.17. The van der Waals surface area contributed by atoms with Crippen molar-refractivity contribution in [3.63, 3.8) is 0 Å². The van der Waals surface area contributed by atoms with Crippen LogP contribution in [0.25, 0.3) is 0 Å². The number of allylic oxidation sites excluding steroid dienone is 18. The molecule has 0 saturated heterocycles. The maximum absolute atomic E-state index is 12.9. The molecule has 446 valence electrons. The van der Waals surface area contributed by atoms with Crippen LogP contribution in [-0.2, 0) is 28.6 Å². The average Bonchev–Trinajstić information content (AvgIpc) is 3.44. The molecule has 1 unspecified atom stereocenters. The third kappa shape index (κ3) is 62.9. The molecular formula is C72H122O6. The summed E-state index contributed by atoms with van der Waals surface area (Å²) in [6.45, 7) is 6.40. The molecule has 0 aromatic heterocycles. The summed E-state index contributed by atoms with van der Waals surface area (Å²) < 4.78 is 16.9. The summed E-state index contributed by atoms with van der Waals surface area (Å²) in [4.78, 5) is 38.3. The Hall–Kier alpha value is -3.93. The van der Waals surface area contributed by atoms with Crippen molar-refractivity contribution < 1.29 is 28.6 Å². The van der Waals surface area contributed by atoms with Gasteiger partial charge in [-0.05, 0) is 103 Å². The lowest BCUT2D eigenvalue weighted by Crippen LogP contribution is -2.30. The van der Waals surface area contributed by atoms with E-state index in [9.17, 15) is 14.4 Å². The normalized spacial score (nSPS) is 12.8. The molecule has 0 saturated carbocycles. The maximum atomic E-state index is 12.9. The van der Waals surface area contributed by atoms with E-state index in [0.29, 0.717) is 19.3 Å². The van der Waals surface area contributed by atoms with E-state index < -0.39 is 6.10 Å². The molecule has 0 rings (SSSR count). The van der Waals surface area contributed by atoms with E-state index in [0.717, 1.165) is 135 Å². The molecule has 6 heteroatoms. The van der Waals surface area contributed by atoms with Crippen LogP contribution in [-0.4, -0.2) is 37.2 Å². The van der Waals surface area contributed by atoms with E-state index >= 15 is 0 Å². The first-order valence-electron chi connectivity index (χ1n) is 32.9. The topological polar surface area (TPSA) is 78.9 Å². The van der Waals surface area contributed by atoms with Gasteiger partial charge in [-0.1, -0.05) is 297 Å². The number of rotatable bonds is 59. The van der Waals surface area contributed by atoms with E-state index in [1.807, 2.05) is 0 Å². The Labute approximate surface area is 482 Å². The van der Waals surface area contributed by atoms with Gasteiger partial charge in [-0.25, -0.2) is 0 Å². The maximum Gasteiger partial charge on any atom is 0.306 e. The van der Waals surface area contributed by atoms with Crippen LogP contribution >= 0.6 is 0 Å². The molecule has 0 aliphatic carbocycles. The molecule has 0 radical (unpaired) electrons. The van der Waals surface area contributed by atoms with Crippen molar-refractivity contribution in [3.8, 4) is 0 Å². The minimum absolute atomic E-state index is 0.0970. The molecular weight excluding hydrogens is 961 g/mol. The van der Waals surface area contributed by atoms with Crippen molar-refractivity contribution in [2.24, 2.45) is 0 Å². The minimum atomic E-state index is -0.806. The molecule has 0 bridgehead atoms. The second-order valence-corrected chi connectivity index (χ2v) is 21.6. The number of ether oxygens (including phenoxy) is 3. The number of hydrogen-bond donors (Lipinski definition) is 0. The smallest absolute Gasteiger partial charge is 0.306 e. The van der Waals surface area contributed by atoms with Crippen LogP contribution in [0.3, 0.4) is 0 Å². The lowest BCUT2D eigenvalue weighted by molar-refractivity contribution is -0.167. The highest BCUT2D eigenvalue weighted by Gasteiger charge is 2.19. The van der Waals surface area contributed by atoms with Crippen LogP contribution < -0.4 is 0 Å². The van der Waals surface area contributed by atoms with Crippen molar-refractivity contribution in [1.29, 1.82) is 0 Å². The van der Waals surface area contributed by atoms with Crippen molar-refractivity contribution >= 4 is 17.9 Å². The first-order chi connectivity index (χ1) is 38.5. The van der Waals surface area contributed by atoms with Gasteiger partial charge >= 0.3 is 17.9 Å². The van der Waals surface area contributed by atoms with Crippen molar-refractivity contribution in [3.05, 3.63) is 109 Å². The summed E-state index contributed by atoms with van der Waals surface area (Å²) in [6, 6.07) is 0. The molecule has 0 amide bonds. The standard InChI is InChI=1S/C72H122O6/c1-4-7-10-13-16-19-22-25-27-29-31-33-35-37-38-40-42-44-47-50-53-56-59-62-65-71(74)77-68-69(67-76-70(73)64-61-58-55-52-49-46-24-21-18-15-12-9-6-3)78-72(75)66-63-60-57-54-51-48-45-43-41-39-36-34-32-30-28-26-23-20-17-14-11-8-5-2/h8-9,11-12,17-18,20-21,26,28,32,34,39,41,45-46,48-49,69H,4-7,10,13-16,19,22-25,27,29-31,33,35-38,40,42-44,47,50-68H2,1-3H3/b11-8-,12-9-,20-17-,21-18-,28-26-,34-32-,41-39-,48-45-,49-46-. The van der Waals surface area contributed by atoms with Gasteiger partial charge in [-0.3, -0.25) is 14.4 Å². The number of carbonyl (C=O) groups is 3. The predicted octanol–water partition coefficient (Wildman–Crippen LogP) is 22.6. The summed E-state index contributed by atoms with van der Waals surface area (Å²) in [5, 5.41) is 0. The van der Waals surface area contributed by atoms with Gasteiger partial charge in [0.25, 0.3) is 0 Å². The van der Waals surface area contributed by atoms with Crippen molar-refractivity contribution in [2.75, 3.05) is 13.2 Å². The Morgan fingerprint density at radius 3 is 0.795 bits per heavy atom. The Balaban J connectivity index is 4.37. The lowest BCUT2D eigenvalue weighted by Gasteiger charge is -2.18. The van der Waals surface area contributed by atoms with Crippen LogP contribution in [0.15, 0.2) is 109 Å². The summed E-state index contributed by atoms with van der Waals surface area (Å²) >= 11 is 0. The highest BCUT2D eigenvalue weighted by atomic mass is 16.6. The van der Waals surface area contributed by atoms with Crippen LogP contribution in [0.5, 0.6) is 0 Å². The van der Waals surface area contributed by atoms with E-state index in [-0.39, 0.29) is 31.1 Å². The molecule has 0 N–H and O–H groups in total. The van der Waals surface area contributed by atoms with Gasteiger partial charge in [0.15, 0.2) is 6.10 Å². The fourth-order valence-corrected chi connectivity index (χ4v) is 9.17. The van der Waals surface area contributed by atoms with E-state index in [1.165, 1.54) is 135 Å². The van der Waals surface area contributed by atoms with Gasteiger partial charge < -0.3 is 14.2 Å². The molecule has 0 aliphatic rings. The van der Waals surface area contributed by atoms with Gasteiger partial charge in [0.05, 0.1) is 0 Å². The Morgan fingerprint density at radius 2 is 0.500 bits per heavy atom. The molecule has 6 nitrogen and oxygen atoms in total. The second kappa shape index (κ2) is 65.6. The SMILES string of the molecule is CC/C=C\C/C=C\C/C=C\C/C=C\C/C=C\C/C=C\CCCCCCC(=O)OC(COC(=O)CCCCC/C=C\C/C=C\C/C=C\CC)COC(=O)CCCCCCCCCCCCCCCCCCCCCCCCCC. The Kier molecular flexibility index (Phi) is 62.3. The second-order valence-electron chi connectivity index (χ2n) is 21.6. The monoisotopic (exact) mass is 1080 g/mol. The highest BCUT2D eigenvalue weighted by molar-refractivity contribution is 5.71. The van der Waals surface area contributed by atoms with Crippen LogP contribution in [0.4, 0.5) is 0 Å². The van der Waals surface area contributed by atoms with Crippen molar-refractivity contribution in [1.82, 2.24) is 0 Å². The molecule has 1 atom stereocenters. The summed E-state index contributed by atoms with van der Waals surface area (Å²) in [5.74, 6) is -0.944. The average molecular weight is 1080 g/mol. The zero-order valence-corrected chi connectivity index (χ0v) is 51.2. The largest absolute Gasteiger partial charge is 0.462 e. The van der Waals surface area contributed by atoms with Gasteiger partial charge in [0.2, 0.25) is 0 Å². The van der Waals surface area contributed by atoms with E-state index in [4.69, 9.17) is 14.2 Å². The first-order valence-corrected chi connectivity index (χ1v) is 32.9. The molecule has 0 aromatic carbocycles. The van der Waals surface area contributed by atoms with E-state index in [2.05, 4.69) is 130 Å². The van der Waals surface area contributed by atoms with Gasteiger partial charge in [0, 0.05) is 19.3 Å². The first kappa shape index (κ1) is 74.1. The number of esters is 3. The highest BCUT2D eigenvalue weighted by Crippen LogP contribution is 2.17. The van der Waals surface area contributed by atoms with Crippen molar-refractivity contribution in [2.45, 2.75) is 316 Å². The lowest BCUT2D eigenvalue weighted by atomic mass is 10.0. The van der Waals surface area contributed by atoms with Gasteiger partial charge in [-0.15, -0.1) is 0 Å². The zero-order chi connectivity index (χ0) is 56.4. The molecule has 78 heavy (non-hydrogen) atoms. The van der Waals surface area contributed by atoms with Crippen LogP contribution in [0.2, 0.25) is 0 Å². The summed E-state index contributed by atoms with van der Waals surface area (Å²) in [6.07, 6.45) is 89.7. The number of hydrogen-bond acceptors (Lipinski definition) is 6. The van der Waals surface area contributed by atoms with Crippen LogP contribution in [0.1, 0.15) is 310 Å². The van der Waals surface area contributed by atoms with Gasteiger partial charge in [0.1, 0.15) is 13.2 Å². The quantitative estimate of drug-likeness (QED) is 0.0261. The Bertz CT molecular complexity index is 1570. The molecule has 0 fully saturated rings. The summed E-state index contributed by atoms with van der Waals surface area (Å²) in [5.41, 5.74) is 0. The minimum Gasteiger partial charge on any atom is -0.462 e. The zero-order valence-electron chi connectivity index (χ0n) is 51.2. The Morgan fingerprint density at radius 1 is 0.269 bits per heavy atom. The number of unbranched alkanes of at least 4 members (excludes halogenated alkanes) is 30. The molecule has 0 spiro atoms.